The maximum absolute atomic E-state index is 12.9. The van der Waals surface area contributed by atoms with E-state index in [4.69, 9.17) is 16.3 Å². The van der Waals surface area contributed by atoms with Gasteiger partial charge in [0.05, 0.1) is 40.8 Å². The summed E-state index contributed by atoms with van der Waals surface area (Å²) < 4.78 is 7.23. The number of carbonyl (C=O) groups is 2. The van der Waals surface area contributed by atoms with E-state index in [1.54, 1.807) is 0 Å². The number of halogens is 1. The summed E-state index contributed by atoms with van der Waals surface area (Å²) in [5, 5.41) is 13.4. The van der Waals surface area contributed by atoms with E-state index < -0.39 is 0 Å². The zero-order valence-electron chi connectivity index (χ0n) is 21.8. The molecule has 2 fully saturated rings. The van der Waals surface area contributed by atoms with Crippen molar-refractivity contribution in [1.82, 2.24) is 25.1 Å². The van der Waals surface area contributed by atoms with Crippen LogP contribution in [0.4, 0.5) is 4.79 Å². The summed E-state index contributed by atoms with van der Waals surface area (Å²) in [7, 11) is 0. The third-order valence-corrected chi connectivity index (χ3v) is 8.31. The van der Waals surface area contributed by atoms with Gasteiger partial charge in [0.1, 0.15) is 6.33 Å². The molecule has 1 atom stereocenters. The van der Waals surface area contributed by atoms with Crippen molar-refractivity contribution in [3.8, 4) is 11.3 Å². The lowest BCUT2D eigenvalue weighted by atomic mass is 9.93. The van der Waals surface area contributed by atoms with E-state index in [1.165, 1.54) is 27.5 Å². The van der Waals surface area contributed by atoms with Crippen LogP contribution in [0.15, 0.2) is 24.5 Å². The molecule has 0 radical (unpaired) electrons. The molecule has 11 heteroatoms. The van der Waals surface area contributed by atoms with E-state index in [2.05, 4.69) is 36.1 Å². The largest absolute Gasteiger partial charge is 0.395 e. The number of amides is 3. The molecule has 9 nitrogen and oxygen atoms in total. The van der Waals surface area contributed by atoms with Crippen molar-refractivity contribution >= 4 is 45.1 Å². The molecule has 0 spiro atoms. The number of carbonyl (C=O) groups excluding carboxylic acids is 2. The summed E-state index contributed by atoms with van der Waals surface area (Å²) in [4.78, 5) is 38.2. The van der Waals surface area contributed by atoms with Gasteiger partial charge < -0.3 is 20.1 Å². The molecule has 4 heterocycles. The molecule has 2 aliphatic heterocycles. The Morgan fingerprint density at radius 3 is 2.84 bits per heavy atom. The van der Waals surface area contributed by atoms with Crippen molar-refractivity contribution in [3.63, 3.8) is 0 Å². The second-order valence-corrected chi connectivity index (χ2v) is 12.0. The fourth-order valence-electron chi connectivity index (χ4n) is 5.22. The SMILES string of the molecule is Cc1cc(Cl)cc(-c2ncnc3cc(CN4C(=O)CCN(CCO)C4=O)sc23)c1C[C@@H]1CNCC(C)(C)O1. The first kappa shape index (κ1) is 27.0. The van der Waals surface area contributed by atoms with Gasteiger partial charge in [-0.3, -0.25) is 9.69 Å². The monoisotopic (exact) mass is 557 g/mol. The number of nitrogens with zero attached hydrogens (tertiary/aromatic N) is 4. The fraction of sp³-hybridized carbons (Fsp3) is 0.481. The van der Waals surface area contributed by atoms with Gasteiger partial charge in [-0.15, -0.1) is 11.3 Å². The van der Waals surface area contributed by atoms with Gasteiger partial charge in [-0.05, 0) is 50.1 Å². The number of aryl methyl sites for hydroxylation is 1. The van der Waals surface area contributed by atoms with Crippen molar-refractivity contribution in [3.05, 3.63) is 45.6 Å². The van der Waals surface area contributed by atoms with Gasteiger partial charge in [-0.1, -0.05) is 11.6 Å². The van der Waals surface area contributed by atoms with Crippen LogP contribution in [0.3, 0.4) is 0 Å². The van der Waals surface area contributed by atoms with E-state index in [9.17, 15) is 14.7 Å². The number of hydrogen-bond acceptors (Lipinski definition) is 8. The van der Waals surface area contributed by atoms with Gasteiger partial charge in [-0.2, -0.15) is 0 Å². The lowest BCUT2D eigenvalue weighted by molar-refractivity contribution is -0.131. The van der Waals surface area contributed by atoms with Crippen molar-refractivity contribution in [2.24, 2.45) is 0 Å². The number of hydrogen-bond donors (Lipinski definition) is 2. The molecule has 2 aliphatic rings. The standard InChI is InChI=1S/C27H32ClN5O4S/c1-16-8-17(28)9-21(20(16)10-18-12-29-14-27(2,3)37-18)24-25-22(30-15-31-24)11-19(38-25)13-33-23(35)4-5-32(6-7-34)26(33)36/h8-9,11,15,18,29,34H,4-7,10,12-14H2,1-3H3/t18-/m1/s1. The first-order chi connectivity index (χ1) is 18.1. The van der Waals surface area contributed by atoms with Crippen molar-refractivity contribution in [2.75, 3.05) is 32.8 Å². The summed E-state index contributed by atoms with van der Waals surface area (Å²) in [6.45, 7) is 8.33. The topological polar surface area (TPSA) is 108 Å². The second-order valence-electron chi connectivity index (χ2n) is 10.5. The van der Waals surface area contributed by atoms with Gasteiger partial charge in [0.25, 0.3) is 0 Å². The number of imide groups is 1. The van der Waals surface area contributed by atoms with Crippen molar-refractivity contribution in [2.45, 2.75) is 51.9 Å². The van der Waals surface area contributed by atoms with Crippen LogP contribution in [0, 0.1) is 6.92 Å². The number of ether oxygens (including phenoxy) is 1. The lowest BCUT2D eigenvalue weighted by Gasteiger charge is -2.37. The fourth-order valence-corrected chi connectivity index (χ4v) is 6.59. The Labute approximate surface area is 230 Å². The van der Waals surface area contributed by atoms with Crippen LogP contribution < -0.4 is 5.32 Å². The number of aliphatic hydroxyl groups excluding tert-OH is 1. The molecule has 2 aromatic heterocycles. The summed E-state index contributed by atoms with van der Waals surface area (Å²) in [6.07, 6.45) is 2.49. The minimum absolute atomic E-state index is 0.00610. The molecule has 1 aromatic carbocycles. The molecule has 0 bridgehead atoms. The number of rotatable bonds is 7. The third-order valence-electron chi connectivity index (χ3n) is 6.98. The van der Waals surface area contributed by atoms with Crippen LogP contribution in [0.1, 0.15) is 36.3 Å². The smallest absolute Gasteiger partial charge is 0.327 e. The number of aliphatic hydroxyl groups is 1. The average Bonchev–Trinajstić information content (AvgIpc) is 3.27. The Morgan fingerprint density at radius 2 is 2.08 bits per heavy atom. The van der Waals surface area contributed by atoms with E-state index >= 15 is 0 Å². The van der Waals surface area contributed by atoms with Crippen molar-refractivity contribution in [1.29, 1.82) is 0 Å². The zero-order valence-corrected chi connectivity index (χ0v) is 23.4. The summed E-state index contributed by atoms with van der Waals surface area (Å²) in [5.41, 5.74) is 4.39. The number of morpholine rings is 1. The van der Waals surface area contributed by atoms with E-state index in [0.29, 0.717) is 18.0 Å². The number of urea groups is 1. The molecule has 0 unspecified atom stereocenters. The summed E-state index contributed by atoms with van der Waals surface area (Å²) >= 11 is 8.00. The van der Waals surface area contributed by atoms with E-state index in [1.807, 2.05) is 18.2 Å². The predicted molar refractivity (Wildman–Crippen MR) is 147 cm³/mol. The molecule has 202 valence electrons. The highest BCUT2D eigenvalue weighted by molar-refractivity contribution is 7.19. The van der Waals surface area contributed by atoms with Gasteiger partial charge in [-0.25, -0.2) is 14.8 Å². The molecule has 38 heavy (non-hydrogen) atoms. The highest BCUT2D eigenvalue weighted by atomic mass is 35.5. The number of aromatic nitrogens is 2. The van der Waals surface area contributed by atoms with Crippen LogP contribution in [0.5, 0.6) is 0 Å². The molecule has 5 rings (SSSR count). The number of nitrogens with one attached hydrogen (secondary N) is 1. The predicted octanol–water partition coefficient (Wildman–Crippen LogP) is 3.78. The maximum atomic E-state index is 12.9. The molecular formula is C27H32ClN5O4S. The Balaban J connectivity index is 1.49. The molecular weight excluding hydrogens is 526 g/mol. The normalized spacial score (nSPS) is 20.0. The van der Waals surface area contributed by atoms with Crippen LogP contribution in [0.25, 0.3) is 21.5 Å². The summed E-state index contributed by atoms with van der Waals surface area (Å²) in [6, 6.07) is 5.43. The molecule has 0 saturated carbocycles. The first-order valence-corrected chi connectivity index (χ1v) is 14.0. The Morgan fingerprint density at radius 1 is 1.26 bits per heavy atom. The Bertz CT molecular complexity index is 1380. The molecule has 0 aliphatic carbocycles. The highest BCUT2D eigenvalue weighted by Crippen LogP contribution is 2.38. The molecule has 3 amide bonds. The van der Waals surface area contributed by atoms with Gasteiger partial charge in [0.15, 0.2) is 0 Å². The van der Waals surface area contributed by atoms with Crippen LogP contribution in [-0.4, -0.2) is 81.3 Å². The Kier molecular flexibility index (Phi) is 7.70. The molecule has 2 N–H and O–H groups in total. The maximum Gasteiger partial charge on any atom is 0.327 e. The highest BCUT2D eigenvalue weighted by Gasteiger charge is 2.33. The van der Waals surface area contributed by atoms with Gasteiger partial charge in [0.2, 0.25) is 5.91 Å². The number of benzene rings is 1. The van der Waals surface area contributed by atoms with Gasteiger partial charge >= 0.3 is 6.03 Å². The number of β-amino-alcohol motifs (C(OH)–C–C–N with tert-alkyl or cyclic N) is 1. The number of fused-ring (bicyclic) bond motifs is 1. The van der Waals surface area contributed by atoms with Crippen molar-refractivity contribution < 1.29 is 19.4 Å². The average molecular weight is 558 g/mol. The zero-order chi connectivity index (χ0) is 27.0. The minimum Gasteiger partial charge on any atom is -0.395 e. The molecule has 2 saturated heterocycles. The van der Waals surface area contributed by atoms with Crippen LogP contribution >= 0.6 is 22.9 Å². The quantitative estimate of drug-likeness (QED) is 0.455. The van der Waals surface area contributed by atoms with E-state index in [-0.39, 0.29) is 49.8 Å². The van der Waals surface area contributed by atoms with Gasteiger partial charge in [0, 0.05) is 54.5 Å². The Hall–Kier alpha value is -2.63. The summed E-state index contributed by atoms with van der Waals surface area (Å²) in [5.74, 6) is -0.218. The van der Waals surface area contributed by atoms with Crippen LogP contribution in [-0.2, 0) is 22.5 Å². The van der Waals surface area contributed by atoms with E-state index in [0.717, 1.165) is 50.6 Å². The van der Waals surface area contributed by atoms with Crippen LogP contribution in [0.2, 0.25) is 5.02 Å². The third kappa shape index (κ3) is 5.55. The number of thiophene rings is 1. The second kappa shape index (κ2) is 10.9. The minimum atomic E-state index is -0.379. The molecule has 3 aromatic rings. The lowest BCUT2D eigenvalue weighted by Crippen LogP contribution is -2.52. The first-order valence-electron chi connectivity index (χ1n) is 12.8.